The van der Waals surface area contributed by atoms with E-state index in [1.807, 2.05) is 13.0 Å². The summed E-state index contributed by atoms with van der Waals surface area (Å²) in [6.07, 6.45) is 1.28. The van der Waals surface area contributed by atoms with Crippen LogP contribution in [0.1, 0.15) is 42.6 Å². The Morgan fingerprint density at radius 1 is 1.32 bits per heavy atom. The lowest BCUT2D eigenvalue weighted by Crippen LogP contribution is -2.28. The van der Waals surface area contributed by atoms with Crippen molar-refractivity contribution in [1.29, 1.82) is 0 Å². The van der Waals surface area contributed by atoms with Gasteiger partial charge in [0.1, 0.15) is 5.75 Å². The van der Waals surface area contributed by atoms with Gasteiger partial charge in [0.05, 0.1) is 6.61 Å². The number of hydrogen-bond acceptors (Lipinski definition) is 4. The SMILES string of the molecule is CCOC(=O)C(CC)Oc1ccc2c(c1)CCC2=O. The van der Waals surface area contributed by atoms with Crippen LogP contribution >= 0.6 is 0 Å². The molecule has 4 nitrogen and oxygen atoms in total. The van der Waals surface area contributed by atoms with Crippen LogP contribution in [0.15, 0.2) is 18.2 Å². The largest absolute Gasteiger partial charge is 0.479 e. The minimum atomic E-state index is -0.588. The standard InChI is InChI=1S/C15H18O4/c1-3-14(15(17)18-4-2)19-11-6-7-12-10(9-11)5-8-13(12)16/h6-7,9,14H,3-5,8H2,1-2H3. The molecule has 1 aliphatic rings. The van der Waals surface area contributed by atoms with Crippen molar-refractivity contribution < 1.29 is 19.1 Å². The third kappa shape index (κ3) is 2.95. The van der Waals surface area contributed by atoms with Gasteiger partial charge >= 0.3 is 5.97 Å². The molecule has 0 saturated carbocycles. The molecular weight excluding hydrogens is 244 g/mol. The number of esters is 1. The van der Waals surface area contributed by atoms with Crippen LogP contribution in [0.3, 0.4) is 0 Å². The number of aryl methyl sites for hydroxylation is 1. The van der Waals surface area contributed by atoms with E-state index in [1.54, 1.807) is 19.1 Å². The number of rotatable bonds is 5. The van der Waals surface area contributed by atoms with Crippen LogP contribution in [-0.2, 0) is 16.0 Å². The molecule has 1 aromatic carbocycles. The Bertz CT molecular complexity index is 493. The zero-order chi connectivity index (χ0) is 13.8. The minimum Gasteiger partial charge on any atom is -0.479 e. The fourth-order valence-electron chi connectivity index (χ4n) is 2.20. The molecule has 19 heavy (non-hydrogen) atoms. The molecule has 102 valence electrons. The monoisotopic (exact) mass is 262 g/mol. The van der Waals surface area contributed by atoms with Gasteiger partial charge in [-0.15, -0.1) is 0 Å². The number of Topliss-reactive ketones (excluding diaryl/α,β-unsaturated/α-hetero) is 1. The van der Waals surface area contributed by atoms with Gasteiger partial charge in [-0.25, -0.2) is 4.79 Å². The summed E-state index contributed by atoms with van der Waals surface area (Å²) in [5.41, 5.74) is 1.78. The average Bonchev–Trinajstić information content (AvgIpc) is 2.77. The van der Waals surface area contributed by atoms with Crippen molar-refractivity contribution in [3.05, 3.63) is 29.3 Å². The molecule has 1 aromatic rings. The maximum absolute atomic E-state index is 11.7. The van der Waals surface area contributed by atoms with E-state index in [1.165, 1.54) is 0 Å². The maximum atomic E-state index is 11.7. The lowest BCUT2D eigenvalue weighted by molar-refractivity contribution is -0.151. The summed E-state index contributed by atoms with van der Waals surface area (Å²) < 4.78 is 10.6. The van der Waals surface area contributed by atoms with Crippen molar-refractivity contribution in [3.63, 3.8) is 0 Å². The third-order valence-corrected chi connectivity index (χ3v) is 3.20. The lowest BCUT2D eigenvalue weighted by atomic mass is 10.1. The van der Waals surface area contributed by atoms with Crippen molar-refractivity contribution in [2.75, 3.05) is 6.61 Å². The molecule has 0 bridgehead atoms. The van der Waals surface area contributed by atoms with Crippen LogP contribution in [0, 0.1) is 0 Å². The number of hydrogen-bond donors (Lipinski definition) is 0. The molecule has 1 atom stereocenters. The summed E-state index contributed by atoms with van der Waals surface area (Å²) in [7, 11) is 0. The zero-order valence-electron chi connectivity index (χ0n) is 11.3. The Hall–Kier alpha value is -1.84. The van der Waals surface area contributed by atoms with Gasteiger partial charge in [0.25, 0.3) is 0 Å². The molecule has 0 saturated heterocycles. The highest BCUT2D eigenvalue weighted by atomic mass is 16.6. The molecular formula is C15H18O4. The van der Waals surface area contributed by atoms with Crippen LogP contribution in [0.25, 0.3) is 0 Å². The quantitative estimate of drug-likeness (QED) is 0.765. The molecule has 1 aliphatic carbocycles. The van der Waals surface area contributed by atoms with Crippen LogP contribution in [0.5, 0.6) is 5.75 Å². The molecule has 4 heteroatoms. The predicted octanol–water partition coefficient (Wildman–Crippen LogP) is 2.54. The topological polar surface area (TPSA) is 52.6 Å². The van der Waals surface area contributed by atoms with E-state index < -0.39 is 6.10 Å². The van der Waals surface area contributed by atoms with Crippen molar-refractivity contribution in [3.8, 4) is 5.75 Å². The molecule has 0 aromatic heterocycles. The second kappa shape index (κ2) is 5.87. The van der Waals surface area contributed by atoms with E-state index in [-0.39, 0.29) is 11.8 Å². The molecule has 1 unspecified atom stereocenters. The molecule has 0 heterocycles. The molecule has 2 rings (SSSR count). The highest BCUT2D eigenvalue weighted by molar-refractivity contribution is 6.00. The number of carbonyl (C=O) groups excluding carboxylic acids is 2. The summed E-state index contributed by atoms with van der Waals surface area (Å²) in [6.45, 7) is 3.99. The molecule has 0 fully saturated rings. The molecule has 0 aliphatic heterocycles. The van der Waals surface area contributed by atoms with E-state index in [4.69, 9.17) is 9.47 Å². The Kier molecular flexibility index (Phi) is 4.20. The van der Waals surface area contributed by atoms with Gasteiger partial charge in [0.2, 0.25) is 0 Å². The van der Waals surface area contributed by atoms with Crippen molar-refractivity contribution >= 4 is 11.8 Å². The molecule has 0 spiro atoms. The van der Waals surface area contributed by atoms with E-state index >= 15 is 0 Å². The number of ketones is 1. The summed E-state index contributed by atoms with van der Waals surface area (Å²) in [4.78, 5) is 23.2. The average molecular weight is 262 g/mol. The van der Waals surface area contributed by atoms with Crippen molar-refractivity contribution in [2.45, 2.75) is 39.2 Å². The highest BCUT2D eigenvalue weighted by Crippen LogP contribution is 2.27. The summed E-state index contributed by atoms with van der Waals surface area (Å²) in [5, 5.41) is 0. The molecule has 0 radical (unpaired) electrons. The van der Waals surface area contributed by atoms with E-state index in [2.05, 4.69) is 0 Å². The van der Waals surface area contributed by atoms with Gasteiger partial charge in [0.15, 0.2) is 11.9 Å². The van der Waals surface area contributed by atoms with Crippen LogP contribution in [-0.4, -0.2) is 24.5 Å². The summed E-state index contributed by atoms with van der Waals surface area (Å²) >= 11 is 0. The van der Waals surface area contributed by atoms with E-state index in [9.17, 15) is 9.59 Å². The van der Waals surface area contributed by atoms with Gasteiger partial charge < -0.3 is 9.47 Å². The predicted molar refractivity (Wildman–Crippen MR) is 70.4 cm³/mol. The first kappa shape index (κ1) is 13.6. The first-order chi connectivity index (χ1) is 9.15. The smallest absolute Gasteiger partial charge is 0.347 e. The van der Waals surface area contributed by atoms with Gasteiger partial charge in [-0.3, -0.25) is 4.79 Å². The third-order valence-electron chi connectivity index (χ3n) is 3.20. The molecule has 0 N–H and O–H groups in total. The van der Waals surface area contributed by atoms with Gasteiger partial charge in [-0.05, 0) is 43.5 Å². The zero-order valence-corrected chi connectivity index (χ0v) is 11.3. The second-order valence-electron chi connectivity index (χ2n) is 4.51. The van der Waals surface area contributed by atoms with Gasteiger partial charge in [-0.2, -0.15) is 0 Å². The number of benzene rings is 1. The fraction of sp³-hybridized carbons (Fsp3) is 0.467. The Balaban J connectivity index is 2.10. The minimum absolute atomic E-state index is 0.180. The Morgan fingerprint density at radius 3 is 2.79 bits per heavy atom. The maximum Gasteiger partial charge on any atom is 0.347 e. The Labute approximate surface area is 112 Å². The Morgan fingerprint density at radius 2 is 2.11 bits per heavy atom. The van der Waals surface area contributed by atoms with Gasteiger partial charge in [-0.1, -0.05) is 6.92 Å². The number of ether oxygens (including phenoxy) is 2. The number of carbonyl (C=O) groups is 2. The van der Waals surface area contributed by atoms with Crippen molar-refractivity contribution in [1.82, 2.24) is 0 Å². The summed E-state index contributed by atoms with van der Waals surface area (Å²) in [5.74, 6) is 0.453. The summed E-state index contributed by atoms with van der Waals surface area (Å²) in [6, 6.07) is 5.37. The van der Waals surface area contributed by atoms with Crippen LogP contribution < -0.4 is 4.74 Å². The first-order valence-corrected chi connectivity index (χ1v) is 6.65. The van der Waals surface area contributed by atoms with Crippen molar-refractivity contribution in [2.24, 2.45) is 0 Å². The second-order valence-corrected chi connectivity index (χ2v) is 4.51. The normalized spacial score (nSPS) is 14.9. The lowest BCUT2D eigenvalue weighted by Gasteiger charge is -2.16. The highest BCUT2D eigenvalue weighted by Gasteiger charge is 2.22. The first-order valence-electron chi connectivity index (χ1n) is 6.65. The van der Waals surface area contributed by atoms with Gasteiger partial charge in [0, 0.05) is 12.0 Å². The number of fused-ring (bicyclic) bond motifs is 1. The van der Waals surface area contributed by atoms with Crippen LogP contribution in [0.4, 0.5) is 0 Å². The van der Waals surface area contributed by atoms with E-state index in [0.717, 1.165) is 17.5 Å². The van der Waals surface area contributed by atoms with Crippen LogP contribution in [0.2, 0.25) is 0 Å². The fourth-order valence-corrected chi connectivity index (χ4v) is 2.20. The van der Waals surface area contributed by atoms with E-state index in [0.29, 0.717) is 25.2 Å². The molecule has 0 amide bonds.